The molecule has 0 saturated carbocycles. The van der Waals surface area contributed by atoms with Crippen molar-refractivity contribution in [2.75, 3.05) is 13.1 Å². The monoisotopic (exact) mass is 316 g/mol. The fraction of sp³-hybridized carbons (Fsp3) is 0.526. The molecule has 4 heteroatoms. The Labute approximate surface area is 136 Å². The van der Waals surface area contributed by atoms with Gasteiger partial charge in [-0.15, -0.1) is 0 Å². The molecular weight excluding hydrogens is 290 g/mol. The maximum atomic E-state index is 12.2. The van der Waals surface area contributed by atoms with Gasteiger partial charge in [-0.2, -0.15) is 0 Å². The summed E-state index contributed by atoms with van der Waals surface area (Å²) >= 11 is 0. The third-order valence-corrected chi connectivity index (χ3v) is 5.18. The van der Waals surface area contributed by atoms with Gasteiger partial charge in [-0.3, -0.25) is 0 Å². The molecule has 0 bridgehead atoms. The Morgan fingerprint density at radius 3 is 2.83 bits per heavy atom. The zero-order chi connectivity index (χ0) is 16.6. The Morgan fingerprint density at radius 2 is 2.13 bits per heavy atom. The summed E-state index contributed by atoms with van der Waals surface area (Å²) in [6, 6.07) is 3.59. The number of phenolic OH excluding ortho intramolecular Hbond substituents is 1. The summed E-state index contributed by atoms with van der Waals surface area (Å²) in [5.74, 6) is 0.936. The van der Waals surface area contributed by atoms with Crippen LogP contribution in [0.15, 0.2) is 21.3 Å². The maximum absolute atomic E-state index is 12.2. The van der Waals surface area contributed by atoms with Gasteiger partial charge in [-0.05, 0) is 43.9 Å². The molecule has 2 heterocycles. The number of aromatic hydroxyl groups is 1. The van der Waals surface area contributed by atoms with Crippen LogP contribution in [0.5, 0.6) is 5.75 Å². The van der Waals surface area contributed by atoms with E-state index in [1.807, 2.05) is 19.9 Å². The van der Waals surface area contributed by atoms with Crippen LogP contribution in [0.3, 0.4) is 0 Å². The molecule has 1 unspecified atom stereocenters. The van der Waals surface area contributed by atoms with Gasteiger partial charge in [0.05, 0.1) is 18.7 Å². The molecule has 1 fully saturated rings. The van der Waals surface area contributed by atoms with Crippen LogP contribution in [-0.2, 0) is 13.0 Å². The van der Waals surface area contributed by atoms with Crippen LogP contribution < -0.4 is 10.5 Å². The second kappa shape index (κ2) is 6.36. The first-order valence-electron chi connectivity index (χ1n) is 8.62. The predicted molar refractivity (Wildman–Crippen MR) is 91.1 cm³/mol. The van der Waals surface area contributed by atoms with Crippen molar-refractivity contribution in [3.8, 4) is 5.75 Å². The average Bonchev–Trinajstić information content (AvgIpc) is 2.51. The van der Waals surface area contributed by atoms with E-state index in [4.69, 9.17) is 4.42 Å². The van der Waals surface area contributed by atoms with Crippen LogP contribution in [-0.4, -0.2) is 18.2 Å². The van der Waals surface area contributed by atoms with Gasteiger partial charge in [0.25, 0.3) is 0 Å². The van der Waals surface area contributed by atoms with Crippen LogP contribution in [0.4, 0.5) is 0 Å². The van der Waals surface area contributed by atoms with Gasteiger partial charge < -0.3 is 14.4 Å². The molecule has 0 amide bonds. The zero-order valence-electron chi connectivity index (χ0n) is 14.2. The van der Waals surface area contributed by atoms with E-state index >= 15 is 0 Å². The van der Waals surface area contributed by atoms with E-state index < -0.39 is 0 Å². The van der Waals surface area contributed by atoms with E-state index in [0.29, 0.717) is 24.5 Å². The largest absolute Gasteiger partial charge is 0.507 e. The Balaban J connectivity index is 2.09. The van der Waals surface area contributed by atoms with Crippen LogP contribution >= 0.6 is 0 Å². The highest BCUT2D eigenvalue weighted by atomic mass is 16.4. The summed E-state index contributed by atoms with van der Waals surface area (Å²) in [7, 11) is 0. The molecule has 0 radical (unpaired) electrons. The lowest BCUT2D eigenvalue weighted by molar-refractivity contribution is -0.922. The summed E-state index contributed by atoms with van der Waals surface area (Å²) in [5, 5.41) is 11.3. The summed E-state index contributed by atoms with van der Waals surface area (Å²) < 4.78 is 5.62. The highest BCUT2D eigenvalue weighted by Crippen LogP contribution is 2.29. The molecule has 1 aliphatic heterocycles. The standard InChI is InChI=1S/C19H25NO3/c1-4-14-13(3)15-7-8-17(21)16(18(15)23-19(14)22)11-20-9-5-6-12(2)10-20/h7-8,12,21H,4-6,9-11H2,1-3H3/p+1/t12-/m1/s1. The number of likely N-dealkylation sites (tertiary alicyclic amines) is 1. The number of hydrogen-bond acceptors (Lipinski definition) is 3. The van der Waals surface area contributed by atoms with Gasteiger partial charge >= 0.3 is 5.63 Å². The number of hydrogen-bond donors (Lipinski definition) is 2. The van der Waals surface area contributed by atoms with Gasteiger partial charge in [-0.25, -0.2) is 4.79 Å². The van der Waals surface area contributed by atoms with Crippen LogP contribution in [0.25, 0.3) is 11.0 Å². The molecule has 4 nitrogen and oxygen atoms in total. The first kappa shape index (κ1) is 16.1. The number of quaternary nitrogens is 1. The number of benzene rings is 1. The first-order chi connectivity index (χ1) is 11.0. The third-order valence-electron chi connectivity index (χ3n) is 5.18. The van der Waals surface area contributed by atoms with E-state index in [0.717, 1.165) is 35.2 Å². The Kier molecular flexibility index (Phi) is 4.44. The smallest absolute Gasteiger partial charge is 0.339 e. The van der Waals surface area contributed by atoms with Gasteiger partial charge in [0, 0.05) is 16.9 Å². The molecule has 0 aliphatic carbocycles. The number of phenols is 1. The molecule has 2 N–H and O–H groups in total. The van der Waals surface area contributed by atoms with Gasteiger partial charge in [0.15, 0.2) is 5.58 Å². The van der Waals surface area contributed by atoms with E-state index in [1.54, 1.807) is 6.07 Å². The van der Waals surface area contributed by atoms with Gasteiger partial charge in [0.2, 0.25) is 0 Å². The number of nitrogens with one attached hydrogen (secondary N) is 1. The number of rotatable bonds is 3. The second-order valence-electron chi connectivity index (χ2n) is 6.91. The molecule has 124 valence electrons. The molecule has 1 aromatic heterocycles. The van der Waals surface area contributed by atoms with E-state index in [2.05, 4.69) is 6.92 Å². The zero-order valence-corrected chi connectivity index (χ0v) is 14.2. The van der Waals surface area contributed by atoms with Gasteiger partial charge in [-0.1, -0.05) is 13.8 Å². The Hall–Kier alpha value is -1.81. The maximum Gasteiger partial charge on any atom is 0.339 e. The van der Waals surface area contributed by atoms with E-state index in [9.17, 15) is 9.90 Å². The van der Waals surface area contributed by atoms with Crippen LogP contribution in [0.2, 0.25) is 0 Å². The van der Waals surface area contributed by atoms with Crippen molar-refractivity contribution in [3.05, 3.63) is 39.2 Å². The fourth-order valence-electron chi connectivity index (χ4n) is 3.89. The lowest BCUT2D eigenvalue weighted by Crippen LogP contribution is -3.12. The Bertz CT molecular complexity index is 778. The molecule has 23 heavy (non-hydrogen) atoms. The molecule has 3 rings (SSSR count). The minimum absolute atomic E-state index is 0.232. The van der Waals surface area contributed by atoms with Crippen LogP contribution in [0.1, 0.15) is 43.4 Å². The first-order valence-corrected chi connectivity index (χ1v) is 8.62. The lowest BCUT2D eigenvalue weighted by Gasteiger charge is -2.28. The minimum atomic E-state index is -0.272. The molecule has 0 spiro atoms. The van der Waals surface area contributed by atoms with Crippen molar-refractivity contribution >= 4 is 11.0 Å². The minimum Gasteiger partial charge on any atom is -0.507 e. The summed E-state index contributed by atoms with van der Waals surface area (Å²) in [5.41, 5.74) is 2.77. The normalized spacial score (nSPS) is 21.7. The summed E-state index contributed by atoms with van der Waals surface area (Å²) in [6.07, 6.45) is 3.15. The van der Waals surface area contributed by atoms with Crippen molar-refractivity contribution in [1.82, 2.24) is 0 Å². The third kappa shape index (κ3) is 3.00. The highest BCUT2D eigenvalue weighted by Gasteiger charge is 2.23. The van der Waals surface area contributed by atoms with Crippen molar-refractivity contribution < 1.29 is 14.4 Å². The van der Waals surface area contributed by atoms with Crippen molar-refractivity contribution in [2.24, 2.45) is 5.92 Å². The molecular formula is C19H26NO3+. The topological polar surface area (TPSA) is 54.9 Å². The van der Waals surface area contributed by atoms with Crippen molar-refractivity contribution in [2.45, 2.75) is 46.6 Å². The molecule has 1 aliphatic rings. The van der Waals surface area contributed by atoms with Crippen LogP contribution in [0, 0.1) is 12.8 Å². The van der Waals surface area contributed by atoms with Gasteiger partial charge in [0.1, 0.15) is 12.3 Å². The summed E-state index contributed by atoms with van der Waals surface area (Å²) in [4.78, 5) is 13.7. The second-order valence-corrected chi connectivity index (χ2v) is 6.91. The summed E-state index contributed by atoms with van der Waals surface area (Å²) in [6.45, 7) is 9.13. The number of aryl methyl sites for hydroxylation is 1. The SMILES string of the molecule is CCc1c(C)c2ccc(O)c(C[NH+]3CCC[C@@H](C)C3)c2oc1=O. The quantitative estimate of drug-likeness (QED) is 0.854. The lowest BCUT2D eigenvalue weighted by atomic mass is 9.98. The molecule has 1 saturated heterocycles. The van der Waals surface area contributed by atoms with Crippen molar-refractivity contribution in [3.63, 3.8) is 0 Å². The Morgan fingerprint density at radius 1 is 1.35 bits per heavy atom. The highest BCUT2D eigenvalue weighted by molar-refractivity contribution is 5.85. The predicted octanol–water partition coefficient (Wildman–Crippen LogP) is 2.18. The fourth-order valence-corrected chi connectivity index (χ4v) is 3.89. The van der Waals surface area contributed by atoms with Crippen molar-refractivity contribution in [1.29, 1.82) is 0 Å². The van der Waals surface area contributed by atoms with E-state index in [-0.39, 0.29) is 11.4 Å². The molecule has 2 aromatic rings. The average molecular weight is 316 g/mol. The number of piperidine rings is 1. The van der Waals surface area contributed by atoms with E-state index in [1.165, 1.54) is 17.7 Å². The molecule has 2 atom stereocenters. The molecule has 1 aromatic carbocycles. The number of fused-ring (bicyclic) bond motifs is 1.